The van der Waals surface area contributed by atoms with E-state index in [9.17, 15) is 0 Å². The van der Waals surface area contributed by atoms with Gasteiger partial charge in [0.2, 0.25) is 0 Å². The minimum atomic E-state index is -0.590. The number of rotatable bonds is 4. The molecule has 1 atom stereocenters. The van der Waals surface area contributed by atoms with Gasteiger partial charge in [-0.05, 0) is 68.2 Å². The van der Waals surface area contributed by atoms with Crippen LogP contribution in [-0.4, -0.2) is 37.6 Å². The fourth-order valence-electron chi connectivity index (χ4n) is 3.72. The summed E-state index contributed by atoms with van der Waals surface area (Å²) >= 11 is 0. The summed E-state index contributed by atoms with van der Waals surface area (Å²) in [6.07, 6.45) is 3.71. The van der Waals surface area contributed by atoms with Crippen molar-refractivity contribution in [1.82, 2.24) is 20.4 Å². The molecule has 2 rings (SSSR count). The van der Waals surface area contributed by atoms with Gasteiger partial charge >= 0.3 is 0 Å². The van der Waals surface area contributed by atoms with Crippen molar-refractivity contribution in [3.63, 3.8) is 0 Å². The topological polar surface area (TPSA) is 76.7 Å². The molecule has 0 aromatic carbocycles. The smallest absolute Gasteiger partial charge is 0.158 e. The predicted molar refractivity (Wildman–Crippen MR) is 138 cm³/mol. The van der Waals surface area contributed by atoms with Gasteiger partial charge in [-0.2, -0.15) is 5.10 Å². The summed E-state index contributed by atoms with van der Waals surface area (Å²) in [5.74, 6) is 0. The van der Waals surface area contributed by atoms with E-state index in [0.717, 1.165) is 30.0 Å². The fourth-order valence-corrected chi connectivity index (χ4v) is 3.72. The Morgan fingerprint density at radius 2 is 1.45 bits per heavy atom. The zero-order valence-corrected chi connectivity index (χ0v) is 23.6. The van der Waals surface area contributed by atoms with Crippen LogP contribution in [0.2, 0.25) is 0 Å². The van der Waals surface area contributed by atoms with E-state index in [-0.39, 0.29) is 21.8 Å². The number of aromatic nitrogens is 3. The maximum absolute atomic E-state index is 6.40. The molecule has 0 aliphatic carbocycles. The highest BCUT2D eigenvalue weighted by molar-refractivity contribution is 5.97. The Morgan fingerprint density at radius 3 is 1.97 bits per heavy atom. The monoisotopic (exact) mass is 460 g/mol. The van der Waals surface area contributed by atoms with E-state index in [1.54, 1.807) is 0 Å². The van der Waals surface area contributed by atoms with Crippen molar-refractivity contribution in [1.29, 1.82) is 0 Å². The number of hydrogen-bond acceptors (Lipinski definition) is 6. The average Bonchev–Trinajstić information content (AvgIpc) is 3.19. The molecule has 0 fully saturated rings. The van der Waals surface area contributed by atoms with Crippen LogP contribution in [0.4, 0.5) is 0 Å². The van der Waals surface area contributed by atoms with Gasteiger partial charge in [0.1, 0.15) is 0 Å². The van der Waals surface area contributed by atoms with E-state index in [1.165, 1.54) is 0 Å². The van der Waals surface area contributed by atoms with Gasteiger partial charge in [0.05, 0.1) is 22.5 Å². The molecule has 0 unspecified atom stereocenters. The zero-order chi connectivity index (χ0) is 25.7. The number of nitrogens with one attached hydrogen (secondary N) is 1. The second-order valence-electron chi connectivity index (χ2n) is 13.3. The maximum atomic E-state index is 6.40. The lowest BCUT2D eigenvalue weighted by Crippen LogP contribution is -2.58. The van der Waals surface area contributed by atoms with Crippen LogP contribution in [0.3, 0.4) is 0 Å². The van der Waals surface area contributed by atoms with Crippen LogP contribution in [0.1, 0.15) is 115 Å². The van der Waals surface area contributed by atoms with Crippen LogP contribution in [0.25, 0.3) is 0 Å². The Morgan fingerprint density at radius 1 is 0.909 bits per heavy atom. The molecule has 0 amide bonds. The molecule has 1 aliphatic heterocycles. The summed E-state index contributed by atoms with van der Waals surface area (Å²) in [6, 6.07) is 0. The van der Waals surface area contributed by atoms with E-state index in [0.29, 0.717) is 0 Å². The van der Waals surface area contributed by atoms with E-state index < -0.39 is 11.1 Å². The summed E-state index contributed by atoms with van der Waals surface area (Å²) in [6.45, 7) is 30.2. The lowest BCUT2D eigenvalue weighted by Gasteiger charge is -2.46. The highest BCUT2D eigenvalue weighted by atomic mass is 16.7. The summed E-state index contributed by atoms with van der Waals surface area (Å²) in [4.78, 5) is 6.40. The third kappa shape index (κ3) is 5.12. The molecule has 0 saturated heterocycles. The largest absolute Gasteiger partial charge is 0.387 e. The van der Waals surface area contributed by atoms with Crippen LogP contribution in [0.15, 0.2) is 16.5 Å². The molecule has 33 heavy (non-hydrogen) atoms. The van der Waals surface area contributed by atoms with Crippen molar-refractivity contribution in [3.8, 4) is 0 Å². The lowest BCUT2D eigenvalue weighted by atomic mass is 9.63. The molecule has 1 aromatic rings. The van der Waals surface area contributed by atoms with Crippen LogP contribution >= 0.6 is 0 Å². The van der Waals surface area contributed by atoms with Gasteiger partial charge in [-0.25, -0.2) is 4.68 Å². The second-order valence-corrected chi connectivity index (χ2v) is 13.3. The predicted octanol–water partition coefficient (Wildman–Crippen LogP) is 6.05. The van der Waals surface area contributed by atoms with Crippen molar-refractivity contribution in [2.24, 2.45) is 21.1 Å². The van der Waals surface area contributed by atoms with E-state index >= 15 is 0 Å². The average molecular weight is 461 g/mol. The molecule has 1 N–H and O–H groups in total. The van der Waals surface area contributed by atoms with Gasteiger partial charge in [-0.15, -0.1) is 5.10 Å². The van der Waals surface area contributed by atoms with Crippen molar-refractivity contribution < 1.29 is 4.84 Å². The number of hydrazone groups is 1. The Bertz CT molecular complexity index is 913. The van der Waals surface area contributed by atoms with Crippen LogP contribution in [0.5, 0.6) is 0 Å². The zero-order valence-electron chi connectivity index (χ0n) is 23.6. The molecule has 0 bridgehead atoms. The Kier molecular flexibility index (Phi) is 6.94. The molecular formula is C26H48N6O. The van der Waals surface area contributed by atoms with E-state index in [4.69, 9.17) is 15.1 Å². The molecule has 0 spiro atoms. The minimum absolute atomic E-state index is 0.0959. The highest BCUT2D eigenvalue weighted by Crippen LogP contribution is 2.43. The molecule has 0 saturated carbocycles. The second kappa shape index (κ2) is 8.38. The number of hydrogen-bond donors (Lipinski definition) is 1. The normalized spacial score (nSPS) is 25.4. The van der Waals surface area contributed by atoms with Gasteiger partial charge in [0.25, 0.3) is 0 Å². The first-order valence-electron chi connectivity index (χ1n) is 12.2. The van der Waals surface area contributed by atoms with Crippen molar-refractivity contribution in [3.05, 3.63) is 11.9 Å². The lowest BCUT2D eigenvalue weighted by molar-refractivity contribution is -0.0968. The number of oxime groups is 1. The minimum Gasteiger partial charge on any atom is -0.387 e. The van der Waals surface area contributed by atoms with E-state index in [1.807, 2.05) is 4.68 Å². The summed E-state index contributed by atoms with van der Waals surface area (Å²) in [7, 11) is 0. The SMILES string of the molecule is CC1=NNC(C)(C)[C@@](C)(CCC(C)(C)c2cn(C(C)(C)C)nn2)ON=C(C)C(C)(C)C1(C)C. The van der Waals surface area contributed by atoms with Crippen molar-refractivity contribution >= 4 is 11.4 Å². The summed E-state index contributed by atoms with van der Waals surface area (Å²) in [5.41, 5.74) is 4.76. The third-order valence-electron chi connectivity index (χ3n) is 8.68. The Labute approximate surface area is 201 Å². The highest BCUT2D eigenvalue weighted by Gasteiger charge is 2.48. The molecule has 1 aliphatic rings. The van der Waals surface area contributed by atoms with Crippen LogP contribution in [-0.2, 0) is 15.8 Å². The maximum Gasteiger partial charge on any atom is 0.158 e. The first kappa shape index (κ1) is 27.3. The van der Waals surface area contributed by atoms with Gasteiger partial charge < -0.3 is 10.3 Å². The van der Waals surface area contributed by atoms with Gasteiger partial charge in [0, 0.05) is 28.2 Å². The van der Waals surface area contributed by atoms with Crippen LogP contribution in [0, 0.1) is 10.8 Å². The molecular weight excluding hydrogens is 412 g/mol. The quantitative estimate of drug-likeness (QED) is 0.593. The summed E-state index contributed by atoms with van der Waals surface area (Å²) < 4.78 is 1.94. The fraction of sp³-hybridized carbons (Fsp3) is 0.846. The molecule has 1 aromatic heterocycles. The molecule has 0 radical (unpaired) electrons. The molecule has 188 valence electrons. The summed E-state index contributed by atoms with van der Waals surface area (Å²) in [5, 5.41) is 18.4. The number of nitrogens with zero attached hydrogens (tertiary/aromatic N) is 5. The van der Waals surface area contributed by atoms with E-state index in [2.05, 4.69) is 119 Å². The molecule has 2 heterocycles. The third-order valence-corrected chi connectivity index (χ3v) is 8.68. The Hall–Kier alpha value is -1.92. The van der Waals surface area contributed by atoms with Crippen molar-refractivity contribution in [2.45, 2.75) is 132 Å². The molecule has 7 nitrogen and oxygen atoms in total. The van der Waals surface area contributed by atoms with Crippen molar-refractivity contribution in [2.75, 3.05) is 0 Å². The van der Waals surface area contributed by atoms with Crippen LogP contribution < -0.4 is 5.43 Å². The molecule has 7 heteroatoms. The first-order chi connectivity index (χ1) is 14.7. The first-order valence-corrected chi connectivity index (χ1v) is 12.2. The Balaban J connectivity index is 2.38. The van der Waals surface area contributed by atoms with Gasteiger partial charge in [0.15, 0.2) is 5.60 Å². The van der Waals surface area contributed by atoms with Gasteiger partial charge in [-0.3, -0.25) is 0 Å². The standard InChI is InChI=1S/C26H48N6O/c1-18-23(8,9)24(10,11)19(2)29-33-26(14,25(12,13)30-27-18)16-15-22(6,7)20-17-32(31-28-20)21(3,4)5/h17,30H,15-16H2,1-14H3/t26-/m1/s1. The van der Waals surface area contributed by atoms with Gasteiger partial charge in [-0.1, -0.05) is 51.9 Å².